The number of nitrogens with zero attached hydrogens (tertiary/aromatic N) is 4. The van der Waals surface area contributed by atoms with Crippen molar-refractivity contribution in [2.75, 3.05) is 19.4 Å². The van der Waals surface area contributed by atoms with Crippen LogP contribution in [0.3, 0.4) is 0 Å². The molecule has 2 aromatic rings. The number of aliphatic hydroxyl groups excluding tert-OH is 1. The zero-order chi connectivity index (χ0) is 13.5. The average molecular weight is 279 g/mol. The second kappa shape index (κ2) is 7.22. The molecule has 7 heteroatoms. The van der Waals surface area contributed by atoms with Gasteiger partial charge in [-0.3, -0.25) is 0 Å². The predicted octanol–water partition coefficient (Wildman–Crippen LogP) is 0.725. The molecule has 0 aliphatic heterocycles. The summed E-state index contributed by atoms with van der Waals surface area (Å²) in [6.45, 7) is 0.176. The Kier molecular flexibility index (Phi) is 5.31. The number of tetrazole rings is 1. The standard InChI is InChI=1S/C12H17N5OS/c1-13-10(7-8-18)9-19-12-14-15-16-17(12)11-5-3-2-4-6-11/h2-6,10,13,18H,7-9H2,1H3. The molecule has 1 unspecified atom stereocenters. The Labute approximate surface area is 116 Å². The highest BCUT2D eigenvalue weighted by Crippen LogP contribution is 2.19. The molecule has 1 atom stereocenters. The van der Waals surface area contributed by atoms with Crippen molar-refractivity contribution in [2.45, 2.75) is 17.6 Å². The van der Waals surface area contributed by atoms with Crippen LogP contribution in [0.1, 0.15) is 6.42 Å². The lowest BCUT2D eigenvalue weighted by atomic mass is 10.2. The molecule has 0 spiro atoms. The first-order chi connectivity index (χ1) is 9.35. The third kappa shape index (κ3) is 3.76. The summed E-state index contributed by atoms with van der Waals surface area (Å²) in [6.07, 6.45) is 0.719. The van der Waals surface area contributed by atoms with E-state index in [-0.39, 0.29) is 12.6 Å². The highest BCUT2D eigenvalue weighted by molar-refractivity contribution is 7.99. The smallest absolute Gasteiger partial charge is 0.214 e. The number of thioether (sulfide) groups is 1. The van der Waals surface area contributed by atoms with Gasteiger partial charge in [-0.15, -0.1) is 5.10 Å². The zero-order valence-electron chi connectivity index (χ0n) is 10.7. The lowest BCUT2D eigenvalue weighted by Crippen LogP contribution is -2.28. The van der Waals surface area contributed by atoms with E-state index in [0.29, 0.717) is 0 Å². The normalized spacial score (nSPS) is 12.5. The maximum Gasteiger partial charge on any atom is 0.214 e. The average Bonchev–Trinajstić information content (AvgIpc) is 2.93. The summed E-state index contributed by atoms with van der Waals surface area (Å²) in [7, 11) is 1.89. The van der Waals surface area contributed by atoms with Gasteiger partial charge in [-0.2, -0.15) is 4.68 Å². The second-order valence-electron chi connectivity index (χ2n) is 4.02. The quantitative estimate of drug-likeness (QED) is 0.728. The molecule has 1 heterocycles. The van der Waals surface area contributed by atoms with Gasteiger partial charge in [0, 0.05) is 18.4 Å². The molecular weight excluding hydrogens is 262 g/mol. The fraction of sp³-hybridized carbons (Fsp3) is 0.417. The molecule has 102 valence electrons. The van der Waals surface area contributed by atoms with Crippen molar-refractivity contribution in [2.24, 2.45) is 0 Å². The Balaban J connectivity index is 2.04. The summed E-state index contributed by atoms with van der Waals surface area (Å²) >= 11 is 1.57. The molecule has 0 saturated heterocycles. The zero-order valence-corrected chi connectivity index (χ0v) is 11.5. The van der Waals surface area contributed by atoms with E-state index in [1.807, 2.05) is 37.4 Å². The number of benzene rings is 1. The van der Waals surface area contributed by atoms with Crippen molar-refractivity contribution in [3.63, 3.8) is 0 Å². The Morgan fingerprint density at radius 2 is 2.16 bits per heavy atom. The van der Waals surface area contributed by atoms with E-state index in [9.17, 15) is 0 Å². The van der Waals surface area contributed by atoms with E-state index >= 15 is 0 Å². The first kappa shape index (κ1) is 14.0. The Morgan fingerprint density at radius 1 is 1.37 bits per heavy atom. The number of hydrogen-bond acceptors (Lipinski definition) is 6. The highest BCUT2D eigenvalue weighted by Gasteiger charge is 2.12. The van der Waals surface area contributed by atoms with Crippen molar-refractivity contribution in [3.05, 3.63) is 30.3 Å². The minimum atomic E-state index is 0.176. The van der Waals surface area contributed by atoms with Crippen molar-refractivity contribution < 1.29 is 5.11 Å². The van der Waals surface area contributed by atoms with Crippen LogP contribution in [0.2, 0.25) is 0 Å². The second-order valence-corrected chi connectivity index (χ2v) is 5.00. The van der Waals surface area contributed by atoms with E-state index in [2.05, 4.69) is 20.8 Å². The van der Waals surface area contributed by atoms with E-state index < -0.39 is 0 Å². The first-order valence-corrected chi connectivity index (χ1v) is 7.08. The first-order valence-electron chi connectivity index (χ1n) is 6.10. The fourth-order valence-corrected chi connectivity index (χ4v) is 2.68. The molecule has 19 heavy (non-hydrogen) atoms. The van der Waals surface area contributed by atoms with Crippen LogP contribution in [0.5, 0.6) is 0 Å². The molecule has 0 radical (unpaired) electrons. The van der Waals surface area contributed by atoms with Crippen LogP contribution >= 0.6 is 11.8 Å². The maximum absolute atomic E-state index is 8.96. The maximum atomic E-state index is 8.96. The van der Waals surface area contributed by atoms with E-state index in [4.69, 9.17) is 5.11 Å². The molecule has 2 N–H and O–H groups in total. The number of nitrogens with one attached hydrogen (secondary N) is 1. The number of aliphatic hydroxyl groups is 1. The van der Waals surface area contributed by atoms with E-state index in [1.165, 1.54) is 0 Å². The van der Waals surface area contributed by atoms with Crippen LogP contribution < -0.4 is 5.32 Å². The summed E-state index contributed by atoms with van der Waals surface area (Å²) in [5.41, 5.74) is 0.943. The number of para-hydroxylation sites is 1. The van der Waals surface area contributed by atoms with Gasteiger partial charge in [0.1, 0.15) is 0 Å². The molecule has 6 nitrogen and oxygen atoms in total. The van der Waals surface area contributed by atoms with E-state index in [0.717, 1.165) is 23.0 Å². The molecular formula is C12H17N5OS. The molecule has 0 amide bonds. The molecule has 1 aromatic carbocycles. The third-order valence-electron chi connectivity index (χ3n) is 2.74. The Morgan fingerprint density at radius 3 is 2.84 bits per heavy atom. The fourth-order valence-electron chi connectivity index (χ4n) is 1.64. The third-order valence-corrected chi connectivity index (χ3v) is 3.82. The summed E-state index contributed by atoms with van der Waals surface area (Å²) in [4.78, 5) is 0. The molecule has 0 saturated carbocycles. The van der Waals surface area contributed by atoms with Gasteiger partial charge in [0.15, 0.2) is 0 Å². The van der Waals surface area contributed by atoms with Crippen LogP contribution in [0.4, 0.5) is 0 Å². The van der Waals surface area contributed by atoms with Crippen LogP contribution in [0.15, 0.2) is 35.5 Å². The summed E-state index contributed by atoms with van der Waals surface area (Å²) in [5, 5.41) is 24.6. The van der Waals surface area contributed by atoms with Gasteiger partial charge < -0.3 is 10.4 Å². The summed E-state index contributed by atoms with van der Waals surface area (Å²) in [6, 6.07) is 10.0. The van der Waals surface area contributed by atoms with Gasteiger partial charge in [0.2, 0.25) is 5.16 Å². The lowest BCUT2D eigenvalue weighted by Gasteiger charge is -2.13. The summed E-state index contributed by atoms with van der Waals surface area (Å²) < 4.78 is 1.72. The van der Waals surface area contributed by atoms with Crippen LogP contribution in [-0.4, -0.2) is 50.8 Å². The van der Waals surface area contributed by atoms with Gasteiger partial charge in [-0.05, 0) is 36.0 Å². The monoisotopic (exact) mass is 279 g/mol. The molecule has 1 aromatic heterocycles. The molecule has 2 rings (SSSR count). The van der Waals surface area contributed by atoms with Gasteiger partial charge >= 0.3 is 0 Å². The van der Waals surface area contributed by atoms with Gasteiger partial charge in [-0.25, -0.2) is 0 Å². The largest absolute Gasteiger partial charge is 0.396 e. The number of aromatic nitrogens is 4. The van der Waals surface area contributed by atoms with E-state index in [1.54, 1.807) is 16.4 Å². The molecule has 0 aliphatic carbocycles. The highest BCUT2D eigenvalue weighted by atomic mass is 32.2. The molecule has 0 bridgehead atoms. The topological polar surface area (TPSA) is 75.9 Å². The van der Waals surface area contributed by atoms with Crippen LogP contribution in [0.25, 0.3) is 5.69 Å². The molecule has 0 fully saturated rings. The lowest BCUT2D eigenvalue weighted by molar-refractivity contribution is 0.273. The van der Waals surface area contributed by atoms with Gasteiger partial charge in [0.25, 0.3) is 0 Å². The van der Waals surface area contributed by atoms with Crippen molar-refractivity contribution in [3.8, 4) is 5.69 Å². The van der Waals surface area contributed by atoms with Crippen molar-refractivity contribution >= 4 is 11.8 Å². The predicted molar refractivity (Wildman–Crippen MR) is 74.4 cm³/mol. The minimum Gasteiger partial charge on any atom is -0.396 e. The van der Waals surface area contributed by atoms with Gasteiger partial charge in [0.05, 0.1) is 5.69 Å². The van der Waals surface area contributed by atoms with Crippen molar-refractivity contribution in [1.82, 2.24) is 25.5 Å². The Hall–Kier alpha value is -1.44. The number of rotatable bonds is 7. The van der Waals surface area contributed by atoms with Crippen molar-refractivity contribution in [1.29, 1.82) is 0 Å². The van der Waals surface area contributed by atoms with Gasteiger partial charge in [-0.1, -0.05) is 30.0 Å². The van der Waals surface area contributed by atoms with Crippen LogP contribution in [0, 0.1) is 0 Å². The van der Waals surface area contributed by atoms with Crippen LogP contribution in [-0.2, 0) is 0 Å². The Bertz CT molecular complexity index is 490. The summed E-state index contributed by atoms with van der Waals surface area (Å²) in [5.74, 6) is 0.810. The minimum absolute atomic E-state index is 0.176. The number of hydrogen-bond donors (Lipinski definition) is 2. The molecule has 0 aliphatic rings. The SMILES string of the molecule is CNC(CCO)CSc1nnnn1-c1ccccc1.